The molecule has 0 bridgehead atoms. The fraction of sp³-hybridized carbons (Fsp3) is 0.300. The quantitative estimate of drug-likeness (QED) is 0.770. The van der Waals surface area contributed by atoms with E-state index in [1.165, 1.54) is 14.0 Å². The van der Waals surface area contributed by atoms with Gasteiger partial charge in [-0.3, -0.25) is 4.79 Å². The molecule has 6 nitrogen and oxygen atoms in total. The van der Waals surface area contributed by atoms with Crippen LogP contribution in [0.4, 0.5) is 5.69 Å². The van der Waals surface area contributed by atoms with Crippen LogP contribution in [0, 0.1) is 13.8 Å². The van der Waals surface area contributed by atoms with E-state index in [4.69, 9.17) is 14.2 Å². The smallest absolute Gasteiger partial charge is 0.344 e. The van der Waals surface area contributed by atoms with Gasteiger partial charge in [0.25, 0.3) is 5.91 Å². The van der Waals surface area contributed by atoms with E-state index in [-0.39, 0.29) is 6.61 Å². The first-order valence-electron chi connectivity index (χ1n) is 8.24. The molecule has 1 atom stereocenters. The molecule has 26 heavy (non-hydrogen) atoms. The minimum Gasteiger partial charge on any atom is -0.495 e. The molecule has 2 aromatic carbocycles. The summed E-state index contributed by atoms with van der Waals surface area (Å²) in [5.41, 5.74) is 2.37. The van der Waals surface area contributed by atoms with Crippen molar-refractivity contribution in [3.05, 3.63) is 53.6 Å². The van der Waals surface area contributed by atoms with E-state index < -0.39 is 18.0 Å². The monoisotopic (exact) mass is 357 g/mol. The van der Waals surface area contributed by atoms with Gasteiger partial charge in [0, 0.05) is 0 Å². The summed E-state index contributed by atoms with van der Waals surface area (Å²) in [6, 6.07) is 12.7. The van der Waals surface area contributed by atoms with Gasteiger partial charge in [-0.2, -0.15) is 0 Å². The summed E-state index contributed by atoms with van der Waals surface area (Å²) in [5.74, 6) is 0.110. The highest BCUT2D eigenvalue weighted by Crippen LogP contribution is 2.24. The predicted octanol–water partition coefficient (Wildman–Crippen LogP) is 3.26. The Balaban J connectivity index is 1.89. The van der Waals surface area contributed by atoms with Crippen molar-refractivity contribution < 1.29 is 23.8 Å². The van der Waals surface area contributed by atoms with Crippen LogP contribution in [0.1, 0.15) is 18.1 Å². The molecular weight excluding hydrogens is 334 g/mol. The Bertz CT molecular complexity index is 767. The third-order valence-electron chi connectivity index (χ3n) is 3.79. The average molecular weight is 357 g/mol. The van der Waals surface area contributed by atoms with Gasteiger partial charge in [-0.05, 0) is 44.0 Å². The number of methoxy groups -OCH3 is 1. The lowest BCUT2D eigenvalue weighted by Gasteiger charge is -2.16. The van der Waals surface area contributed by atoms with Gasteiger partial charge in [-0.15, -0.1) is 0 Å². The molecular formula is C20H23NO5. The Morgan fingerprint density at radius 1 is 1.04 bits per heavy atom. The largest absolute Gasteiger partial charge is 0.495 e. The second-order valence-electron chi connectivity index (χ2n) is 5.83. The summed E-state index contributed by atoms with van der Waals surface area (Å²) in [6.45, 7) is 5.04. The number of para-hydroxylation sites is 3. The van der Waals surface area contributed by atoms with Gasteiger partial charge < -0.3 is 19.5 Å². The molecule has 0 aliphatic heterocycles. The van der Waals surface area contributed by atoms with Crippen LogP contribution in [0.2, 0.25) is 0 Å². The van der Waals surface area contributed by atoms with Crippen molar-refractivity contribution in [2.24, 2.45) is 0 Å². The molecule has 1 amide bonds. The number of hydrogen-bond acceptors (Lipinski definition) is 5. The fourth-order valence-electron chi connectivity index (χ4n) is 2.42. The van der Waals surface area contributed by atoms with Crippen molar-refractivity contribution in [3.63, 3.8) is 0 Å². The standard InChI is InChI=1S/C20H23NO5/c1-13-8-7-9-14(2)19(13)25-12-18(22)26-15(3)20(23)21-16-10-5-6-11-17(16)24-4/h5-11,15H,12H2,1-4H3,(H,21,23)/t15-/m1/s1. The Hall–Kier alpha value is -3.02. The van der Waals surface area contributed by atoms with Crippen molar-refractivity contribution in [2.75, 3.05) is 19.0 Å². The zero-order chi connectivity index (χ0) is 19.1. The highest BCUT2D eigenvalue weighted by atomic mass is 16.6. The van der Waals surface area contributed by atoms with Crippen LogP contribution >= 0.6 is 0 Å². The van der Waals surface area contributed by atoms with Gasteiger partial charge in [-0.1, -0.05) is 30.3 Å². The number of rotatable bonds is 7. The molecule has 138 valence electrons. The number of ether oxygens (including phenoxy) is 3. The van der Waals surface area contributed by atoms with Gasteiger partial charge in [0.1, 0.15) is 11.5 Å². The van der Waals surface area contributed by atoms with Gasteiger partial charge in [0.2, 0.25) is 0 Å². The van der Waals surface area contributed by atoms with E-state index in [1.807, 2.05) is 32.0 Å². The molecule has 0 unspecified atom stereocenters. The van der Waals surface area contributed by atoms with E-state index in [0.717, 1.165) is 11.1 Å². The second kappa shape index (κ2) is 8.89. The summed E-state index contributed by atoms with van der Waals surface area (Å²) < 4.78 is 15.9. The molecule has 1 N–H and O–H groups in total. The lowest BCUT2D eigenvalue weighted by atomic mass is 10.1. The summed E-state index contributed by atoms with van der Waals surface area (Å²) in [4.78, 5) is 24.2. The maximum absolute atomic E-state index is 12.2. The second-order valence-corrected chi connectivity index (χ2v) is 5.83. The van der Waals surface area contributed by atoms with E-state index in [2.05, 4.69) is 5.32 Å². The fourth-order valence-corrected chi connectivity index (χ4v) is 2.42. The number of benzene rings is 2. The first-order valence-corrected chi connectivity index (χ1v) is 8.24. The summed E-state index contributed by atoms with van der Waals surface area (Å²) in [5, 5.41) is 2.68. The lowest BCUT2D eigenvalue weighted by Crippen LogP contribution is -2.31. The third-order valence-corrected chi connectivity index (χ3v) is 3.79. The number of hydrogen-bond donors (Lipinski definition) is 1. The van der Waals surface area contributed by atoms with E-state index in [9.17, 15) is 9.59 Å². The molecule has 0 spiro atoms. The Labute approximate surface area is 153 Å². The molecule has 0 saturated carbocycles. The molecule has 0 aliphatic rings. The number of aryl methyl sites for hydroxylation is 2. The van der Waals surface area contributed by atoms with Crippen molar-refractivity contribution in [2.45, 2.75) is 26.9 Å². The number of carbonyl (C=O) groups excluding carboxylic acids is 2. The zero-order valence-corrected chi connectivity index (χ0v) is 15.4. The van der Waals surface area contributed by atoms with E-state index in [0.29, 0.717) is 17.2 Å². The topological polar surface area (TPSA) is 73.9 Å². The molecule has 0 radical (unpaired) electrons. The van der Waals surface area contributed by atoms with Crippen LogP contribution in [-0.2, 0) is 14.3 Å². The van der Waals surface area contributed by atoms with Crippen LogP contribution in [-0.4, -0.2) is 31.7 Å². The zero-order valence-electron chi connectivity index (χ0n) is 15.4. The van der Waals surface area contributed by atoms with Crippen molar-refractivity contribution in [1.82, 2.24) is 0 Å². The summed E-state index contributed by atoms with van der Waals surface area (Å²) in [7, 11) is 1.51. The third kappa shape index (κ3) is 4.99. The molecule has 0 aromatic heterocycles. The number of anilines is 1. The van der Waals surface area contributed by atoms with Crippen LogP contribution < -0.4 is 14.8 Å². The first kappa shape index (κ1) is 19.3. The predicted molar refractivity (Wildman–Crippen MR) is 98.6 cm³/mol. The van der Waals surface area contributed by atoms with Crippen molar-refractivity contribution in [3.8, 4) is 11.5 Å². The Kier molecular flexibility index (Phi) is 6.60. The lowest BCUT2D eigenvalue weighted by molar-refractivity contribution is -0.155. The molecule has 0 aliphatic carbocycles. The number of carbonyl (C=O) groups is 2. The van der Waals surface area contributed by atoms with E-state index >= 15 is 0 Å². The molecule has 2 rings (SSSR count). The first-order chi connectivity index (χ1) is 12.4. The Morgan fingerprint density at radius 2 is 1.69 bits per heavy atom. The van der Waals surface area contributed by atoms with Crippen LogP contribution in [0.25, 0.3) is 0 Å². The van der Waals surface area contributed by atoms with Crippen LogP contribution in [0.5, 0.6) is 11.5 Å². The summed E-state index contributed by atoms with van der Waals surface area (Å²) in [6.07, 6.45) is -0.964. The molecule has 0 fully saturated rings. The molecule has 0 saturated heterocycles. The normalized spacial score (nSPS) is 11.4. The Morgan fingerprint density at radius 3 is 2.35 bits per heavy atom. The van der Waals surface area contributed by atoms with Gasteiger partial charge in [0.15, 0.2) is 12.7 Å². The van der Waals surface area contributed by atoms with E-state index in [1.54, 1.807) is 24.3 Å². The minimum absolute atomic E-state index is 0.266. The highest BCUT2D eigenvalue weighted by molar-refractivity contribution is 5.96. The maximum Gasteiger partial charge on any atom is 0.344 e. The molecule has 2 aromatic rings. The molecule has 6 heteroatoms. The van der Waals surface area contributed by atoms with Gasteiger partial charge in [0.05, 0.1) is 12.8 Å². The van der Waals surface area contributed by atoms with Crippen molar-refractivity contribution >= 4 is 17.6 Å². The average Bonchev–Trinajstić information content (AvgIpc) is 2.61. The summed E-state index contributed by atoms with van der Waals surface area (Å²) >= 11 is 0. The molecule has 0 heterocycles. The highest BCUT2D eigenvalue weighted by Gasteiger charge is 2.19. The minimum atomic E-state index is -0.964. The van der Waals surface area contributed by atoms with Crippen LogP contribution in [0.15, 0.2) is 42.5 Å². The SMILES string of the molecule is COc1ccccc1NC(=O)[C@@H](C)OC(=O)COc1c(C)cccc1C. The maximum atomic E-state index is 12.2. The van der Waals surface area contributed by atoms with Gasteiger partial charge >= 0.3 is 5.97 Å². The van der Waals surface area contributed by atoms with Crippen molar-refractivity contribution in [1.29, 1.82) is 0 Å². The number of amides is 1. The number of nitrogens with one attached hydrogen (secondary N) is 1. The number of esters is 1. The van der Waals surface area contributed by atoms with Crippen LogP contribution in [0.3, 0.4) is 0 Å². The van der Waals surface area contributed by atoms with Gasteiger partial charge in [-0.25, -0.2) is 4.79 Å².